The van der Waals surface area contributed by atoms with E-state index < -0.39 is 0 Å². The number of thiazole rings is 1. The molecule has 4 nitrogen and oxygen atoms in total. The van der Waals surface area contributed by atoms with Crippen molar-refractivity contribution in [3.05, 3.63) is 57.3 Å². The van der Waals surface area contributed by atoms with Crippen LogP contribution < -0.4 is 5.32 Å². The molecule has 6 heteroatoms. The fourth-order valence-corrected chi connectivity index (χ4v) is 3.22. The van der Waals surface area contributed by atoms with Crippen LogP contribution in [0.4, 0.5) is 5.69 Å². The molecule has 2 aromatic heterocycles. The van der Waals surface area contributed by atoms with Gasteiger partial charge in [0.25, 0.3) is 0 Å². The standard InChI is InChI=1S/C15H15ClN4S/c1-10-15(21-11(2)19-10)9-17-13-8-12(16)4-5-14(13)20-7-3-6-18-20/h3-8,17H,9H2,1-2H3. The van der Waals surface area contributed by atoms with Crippen LogP contribution in [-0.2, 0) is 6.54 Å². The van der Waals surface area contributed by atoms with E-state index in [4.69, 9.17) is 11.6 Å². The second-order valence-electron chi connectivity index (χ2n) is 4.71. The Bertz CT molecular complexity index is 749. The molecule has 0 fully saturated rings. The zero-order chi connectivity index (χ0) is 14.8. The Labute approximate surface area is 132 Å². The summed E-state index contributed by atoms with van der Waals surface area (Å²) in [6.45, 7) is 4.79. The molecule has 108 valence electrons. The number of hydrogen-bond donors (Lipinski definition) is 1. The lowest BCUT2D eigenvalue weighted by Crippen LogP contribution is -2.04. The van der Waals surface area contributed by atoms with Crippen molar-refractivity contribution in [2.24, 2.45) is 0 Å². The number of aromatic nitrogens is 3. The second-order valence-corrected chi connectivity index (χ2v) is 6.43. The van der Waals surface area contributed by atoms with Gasteiger partial charge in [0.05, 0.1) is 28.6 Å². The van der Waals surface area contributed by atoms with Gasteiger partial charge >= 0.3 is 0 Å². The van der Waals surface area contributed by atoms with Crippen molar-refractivity contribution < 1.29 is 0 Å². The molecule has 0 bridgehead atoms. The summed E-state index contributed by atoms with van der Waals surface area (Å²) in [6, 6.07) is 7.64. The molecule has 0 aliphatic carbocycles. The number of nitrogens with zero attached hydrogens (tertiary/aromatic N) is 3. The maximum absolute atomic E-state index is 6.12. The van der Waals surface area contributed by atoms with Crippen LogP contribution in [0.25, 0.3) is 5.69 Å². The molecule has 0 radical (unpaired) electrons. The van der Waals surface area contributed by atoms with Crippen molar-refractivity contribution in [1.82, 2.24) is 14.8 Å². The maximum atomic E-state index is 6.12. The Balaban J connectivity index is 1.88. The van der Waals surface area contributed by atoms with E-state index in [2.05, 4.69) is 15.4 Å². The summed E-state index contributed by atoms with van der Waals surface area (Å²) in [4.78, 5) is 5.68. The van der Waals surface area contributed by atoms with Gasteiger partial charge in [-0.1, -0.05) is 11.6 Å². The van der Waals surface area contributed by atoms with Gasteiger partial charge < -0.3 is 5.32 Å². The van der Waals surface area contributed by atoms with E-state index in [1.807, 2.05) is 49.0 Å². The molecule has 0 aliphatic heterocycles. The normalized spacial score (nSPS) is 10.8. The summed E-state index contributed by atoms with van der Waals surface area (Å²) in [5, 5.41) is 9.50. The zero-order valence-electron chi connectivity index (χ0n) is 11.8. The number of aryl methyl sites for hydroxylation is 2. The van der Waals surface area contributed by atoms with Crippen molar-refractivity contribution in [3.63, 3.8) is 0 Å². The fourth-order valence-electron chi connectivity index (χ4n) is 2.17. The first-order chi connectivity index (χ1) is 10.1. The zero-order valence-corrected chi connectivity index (χ0v) is 13.4. The lowest BCUT2D eigenvalue weighted by molar-refractivity contribution is 0.879. The highest BCUT2D eigenvalue weighted by Crippen LogP contribution is 2.26. The third kappa shape index (κ3) is 3.09. The average molecular weight is 319 g/mol. The summed E-state index contributed by atoms with van der Waals surface area (Å²) in [7, 11) is 0. The molecule has 0 aliphatic rings. The van der Waals surface area contributed by atoms with Crippen LogP contribution in [-0.4, -0.2) is 14.8 Å². The number of benzene rings is 1. The number of rotatable bonds is 4. The second kappa shape index (κ2) is 5.87. The molecule has 0 atom stereocenters. The molecule has 21 heavy (non-hydrogen) atoms. The number of nitrogens with one attached hydrogen (secondary N) is 1. The van der Waals surface area contributed by atoms with Crippen molar-refractivity contribution in [1.29, 1.82) is 0 Å². The predicted molar refractivity (Wildman–Crippen MR) is 87.5 cm³/mol. The lowest BCUT2D eigenvalue weighted by Gasteiger charge is -2.12. The summed E-state index contributed by atoms with van der Waals surface area (Å²) in [5.41, 5.74) is 3.01. The quantitative estimate of drug-likeness (QED) is 0.783. The van der Waals surface area contributed by atoms with Crippen LogP contribution in [0.3, 0.4) is 0 Å². The summed E-state index contributed by atoms with van der Waals surface area (Å²) >= 11 is 7.83. The van der Waals surface area contributed by atoms with E-state index in [0.29, 0.717) is 5.02 Å². The van der Waals surface area contributed by atoms with Crippen LogP contribution in [0.15, 0.2) is 36.7 Å². The molecule has 1 aromatic carbocycles. The van der Waals surface area contributed by atoms with E-state index in [9.17, 15) is 0 Å². The SMILES string of the molecule is Cc1nc(C)c(CNc2cc(Cl)ccc2-n2cccn2)s1. The first-order valence-electron chi connectivity index (χ1n) is 6.60. The Kier molecular flexibility index (Phi) is 3.94. The van der Waals surface area contributed by atoms with Crippen molar-refractivity contribution in [2.45, 2.75) is 20.4 Å². The average Bonchev–Trinajstić information content (AvgIpc) is 3.06. The van der Waals surface area contributed by atoms with E-state index in [-0.39, 0.29) is 0 Å². The predicted octanol–water partition coefficient (Wildman–Crippen LogP) is 4.21. The first-order valence-corrected chi connectivity index (χ1v) is 7.79. The third-order valence-corrected chi connectivity index (χ3v) is 4.46. The molecule has 2 heterocycles. The van der Waals surface area contributed by atoms with Gasteiger partial charge in [0.2, 0.25) is 0 Å². The molecule has 3 rings (SSSR count). The molecular weight excluding hydrogens is 304 g/mol. The highest BCUT2D eigenvalue weighted by atomic mass is 35.5. The largest absolute Gasteiger partial charge is 0.378 e. The van der Waals surface area contributed by atoms with Gasteiger partial charge in [-0.3, -0.25) is 0 Å². The Morgan fingerprint density at radius 3 is 2.86 bits per heavy atom. The molecule has 0 spiro atoms. The van der Waals surface area contributed by atoms with E-state index in [0.717, 1.165) is 28.6 Å². The van der Waals surface area contributed by atoms with Crippen molar-refractivity contribution in [3.8, 4) is 5.69 Å². The topological polar surface area (TPSA) is 42.7 Å². The van der Waals surface area contributed by atoms with Crippen LogP contribution in [0.1, 0.15) is 15.6 Å². The molecule has 0 unspecified atom stereocenters. The molecule has 0 saturated carbocycles. The van der Waals surface area contributed by atoms with Gasteiger partial charge in [0.1, 0.15) is 0 Å². The minimum Gasteiger partial charge on any atom is -0.378 e. The minimum atomic E-state index is 0.700. The Morgan fingerprint density at radius 2 is 2.19 bits per heavy atom. The highest BCUT2D eigenvalue weighted by Gasteiger charge is 2.08. The molecule has 3 aromatic rings. The van der Waals surface area contributed by atoms with Crippen molar-refractivity contribution >= 4 is 28.6 Å². The van der Waals surface area contributed by atoms with Crippen LogP contribution in [0, 0.1) is 13.8 Å². The Morgan fingerprint density at radius 1 is 1.33 bits per heavy atom. The lowest BCUT2D eigenvalue weighted by atomic mass is 10.2. The minimum absolute atomic E-state index is 0.700. The van der Waals surface area contributed by atoms with Crippen LogP contribution in [0.2, 0.25) is 5.02 Å². The van der Waals surface area contributed by atoms with Gasteiger partial charge in [-0.05, 0) is 38.1 Å². The number of anilines is 1. The number of halogens is 1. The van der Waals surface area contributed by atoms with Crippen LogP contribution >= 0.6 is 22.9 Å². The fraction of sp³-hybridized carbons (Fsp3) is 0.200. The van der Waals surface area contributed by atoms with E-state index in [1.165, 1.54) is 4.88 Å². The molecule has 0 amide bonds. The van der Waals surface area contributed by atoms with Gasteiger partial charge in [-0.2, -0.15) is 5.10 Å². The molecule has 0 saturated heterocycles. The maximum Gasteiger partial charge on any atom is 0.0900 e. The molecule has 1 N–H and O–H groups in total. The van der Waals surface area contributed by atoms with Gasteiger partial charge in [0, 0.05) is 22.3 Å². The highest BCUT2D eigenvalue weighted by molar-refractivity contribution is 7.11. The summed E-state index contributed by atoms with van der Waals surface area (Å²) < 4.78 is 1.82. The van der Waals surface area contributed by atoms with Crippen LogP contribution in [0.5, 0.6) is 0 Å². The molecular formula is C15H15ClN4S. The smallest absolute Gasteiger partial charge is 0.0900 e. The third-order valence-electron chi connectivity index (χ3n) is 3.15. The Hall–Kier alpha value is -1.85. The number of hydrogen-bond acceptors (Lipinski definition) is 4. The van der Waals surface area contributed by atoms with Gasteiger partial charge in [-0.15, -0.1) is 11.3 Å². The first kappa shape index (κ1) is 14.1. The summed E-state index contributed by atoms with van der Waals surface area (Å²) in [5.74, 6) is 0. The summed E-state index contributed by atoms with van der Waals surface area (Å²) in [6.07, 6.45) is 3.67. The van der Waals surface area contributed by atoms with Gasteiger partial charge in [-0.25, -0.2) is 9.67 Å². The van der Waals surface area contributed by atoms with E-state index >= 15 is 0 Å². The van der Waals surface area contributed by atoms with Crippen molar-refractivity contribution in [2.75, 3.05) is 5.32 Å². The van der Waals surface area contributed by atoms with Gasteiger partial charge in [0.15, 0.2) is 0 Å². The monoisotopic (exact) mass is 318 g/mol. The van der Waals surface area contributed by atoms with E-state index in [1.54, 1.807) is 17.5 Å².